The Morgan fingerprint density at radius 2 is 2.20 bits per heavy atom. The molecule has 0 aliphatic rings. The van der Waals surface area contributed by atoms with Gasteiger partial charge in [0.05, 0.1) is 11.0 Å². The van der Waals surface area contributed by atoms with Gasteiger partial charge in [-0.3, -0.25) is 0 Å². The molecule has 0 saturated heterocycles. The van der Waals surface area contributed by atoms with Crippen molar-refractivity contribution in [2.24, 2.45) is 0 Å². The molecule has 108 valence electrons. The maximum atomic E-state index is 11.5. The van der Waals surface area contributed by atoms with E-state index in [1.54, 1.807) is 0 Å². The second-order valence-electron chi connectivity index (χ2n) is 4.81. The number of imidazole rings is 1. The van der Waals surface area contributed by atoms with Crippen LogP contribution in [0.2, 0.25) is 0 Å². The summed E-state index contributed by atoms with van der Waals surface area (Å²) in [6, 6.07) is 6.32. The molecule has 1 amide bonds. The quantitative estimate of drug-likeness (QED) is 0.849. The van der Waals surface area contributed by atoms with E-state index in [2.05, 4.69) is 34.3 Å². The number of H-pyrrole nitrogens is 1. The molecule has 1 aromatic heterocycles. The first kappa shape index (κ1) is 14.4. The molecule has 5 heteroatoms. The Bertz CT molecular complexity index is 578. The van der Waals surface area contributed by atoms with Crippen LogP contribution in [-0.4, -0.2) is 22.6 Å². The largest absolute Gasteiger partial charge is 0.415 e. The summed E-state index contributed by atoms with van der Waals surface area (Å²) in [7, 11) is 0. The van der Waals surface area contributed by atoms with Crippen molar-refractivity contribution in [2.45, 2.75) is 39.5 Å². The topological polar surface area (TPSA) is 67.0 Å². The maximum absolute atomic E-state index is 11.5. The van der Waals surface area contributed by atoms with Gasteiger partial charge in [-0.1, -0.05) is 26.3 Å². The fourth-order valence-electron chi connectivity index (χ4n) is 1.97. The molecule has 5 nitrogen and oxygen atoms in total. The third kappa shape index (κ3) is 3.73. The van der Waals surface area contributed by atoms with Crippen molar-refractivity contribution < 1.29 is 9.53 Å². The van der Waals surface area contributed by atoms with Crippen LogP contribution in [0.15, 0.2) is 18.2 Å². The first-order valence-corrected chi connectivity index (χ1v) is 7.17. The normalized spacial score (nSPS) is 10.7. The van der Waals surface area contributed by atoms with Gasteiger partial charge in [0.25, 0.3) is 0 Å². The number of fused-ring (bicyclic) bond motifs is 1. The fourth-order valence-corrected chi connectivity index (χ4v) is 1.97. The number of carbonyl (C=O) groups is 1. The Morgan fingerprint density at radius 3 is 2.95 bits per heavy atom. The van der Waals surface area contributed by atoms with Crippen LogP contribution < -0.4 is 10.1 Å². The van der Waals surface area contributed by atoms with E-state index in [1.807, 2.05) is 13.0 Å². The molecule has 1 aromatic carbocycles. The highest BCUT2D eigenvalue weighted by molar-refractivity contribution is 5.78. The molecule has 0 bridgehead atoms. The summed E-state index contributed by atoms with van der Waals surface area (Å²) in [6.45, 7) is 4.76. The number of nitrogens with one attached hydrogen (secondary N) is 2. The van der Waals surface area contributed by atoms with Crippen LogP contribution in [0.3, 0.4) is 0 Å². The number of benzene rings is 1. The first-order chi connectivity index (χ1) is 9.72. The summed E-state index contributed by atoms with van der Waals surface area (Å²) in [5, 5.41) is 2.64. The Labute approximate surface area is 118 Å². The lowest BCUT2D eigenvalue weighted by atomic mass is 10.1. The van der Waals surface area contributed by atoms with Gasteiger partial charge in [-0.25, -0.2) is 4.79 Å². The van der Waals surface area contributed by atoms with E-state index >= 15 is 0 Å². The minimum atomic E-state index is -0.475. The second kappa shape index (κ2) is 6.93. The number of aryl methyl sites for hydroxylation is 1. The zero-order chi connectivity index (χ0) is 14.4. The van der Waals surface area contributed by atoms with E-state index in [4.69, 9.17) is 4.74 Å². The summed E-state index contributed by atoms with van der Waals surface area (Å²) in [5.41, 5.74) is 2.98. The fraction of sp³-hybridized carbons (Fsp3) is 0.467. The van der Waals surface area contributed by atoms with Crippen LogP contribution in [0.1, 0.15) is 38.7 Å². The molecule has 2 N–H and O–H groups in total. The molecule has 2 aromatic rings. The van der Waals surface area contributed by atoms with Crippen molar-refractivity contribution in [2.75, 3.05) is 6.54 Å². The zero-order valence-corrected chi connectivity index (χ0v) is 12.0. The molecule has 0 saturated carbocycles. The highest BCUT2D eigenvalue weighted by Crippen LogP contribution is 2.18. The van der Waals surface area contributed by atoms with E-state index in [0.717, 1.165) is 23.9 Å². The number of hydrogen-bond donors (Lipinski definition) is 2. The van der Waals surface area contributed by atoms with Crippen molar-refractivity contribution in [3.63, 3.8) is 0 Å². The van der Waals surface area contributed by atoms with E-state index < -0.39 is 6.09 Å². The highest BCUT2D eigenvalue weighted by atomic mass is 16.6. The van der Waals surface area contributed by atoms with Crippen LogP contribution in [0.5, 0.6) is 6.01 Å². The van der Waals surface area contributed by atoms with Gasteiger partial charge in [-0.15, -0.1) is 0 Å². The minimum absolute atomic E-state index is 0.237. The van der Waals surface area contributed by atoms with Crippen molar-refractivity contribution in [1.82, 2.24) is 15.3 Å². The molecule has 0 radical (unpaired) electrons. The molecule has 0 unspecified atom stereocenters. The smallest absolute Gasteiger partial charge is 0.375 e. The number of ether oxygens (including phenoxy) is 1. The average Bonchev–Trinajstić information content (AvgIpc) is 2.84. The Balaban J connectivity index is 2.06. The zero-order valence-electron chi connectivity index (χ0n) is 12.0. The van der Waals surface area contributed by atoms with Gasteiger partial charge in [0.15, 0.2) is 0 Å². The molecule has 0 atom stereocenters. The van der Waals surface area contributed by atoms with Crippen LogP contribution in [0.4, 0.5) is 4.79 Å². The number of aromatic nitrogens is 2. The predicted octanol–water partition coefficient (Wildman–Crippen LogP) is 3.40. The monoisotopic (exact) mass is 275 g/mol. The van der Waals surface area contributed by atoms with Gasteiger partial charge < -0.3 is 15.0 Å². The van der Waals surface area contributed by atoms with Gasteiger partial charge in [0.2, 0.25) is 0 Å². The molecular formula is C15H21N3O2. The molecule has 20 heavy (non-hydrogen) atoms. The standard InChI is InChI=1S/C15H21N3O2/c1-3-5-6-11-7-8-12-13(10-11)18-14(17-12)20-15(19)16-9-4-2/h7-8,10H,3-6,9H2,1-2H3,(H,16,19)(H,17,18). The minimum Gasteiger partial charge on any atom is -0.375 e. The third-order valence-electron chi connectivity index (χ3n) is 3.05. The van der Waals surface area contributed by atoms with Crippen molar-refractivity contribution in [1.29, 1.82) is 0 Å². The number of carbonyl (C=O) groups excluding carboxylic acids is 1. The number of hydrogen-bond acceptors (Lipinski definition) is 3. The molecule has 2 rings (SSSR count). The Morgan fingerprint density at radius 1 is 1.35 bits per heavy atom. The van der Waals surface area contributed by atoms with E-state index in [-0.39, 0.29) is 6.01 Å². The van der Waals surface area contributed by atoms with Gasteiger partial charge in [-0.2, -0.15) is 4.98 Å². The summed E-state index contributed by atoms with van der Waals surface area (Å²) >= 11 is 0. The molecule has 0 spiro atoms. The lowest BCUT2D eigenvalue weighted by Crippen LogP contribution is -2.27. The summed E-state index contributed by atoms with van der Waals surface area (Å²) in [6.07, 6.45) is 3.79. The number of aromatic amines is 1. The SMILES string of the molecule is CCCCc1ccc2nc(OC(=O)NCCC)[nH]c2c1. The number of nitrogens with zero attached hydrogens (tertiary/aromatic N) is 1. The summed E-state index contributed by atoms with van der Waals surface area (Å²) in [4.78, 5) is 18.7. The summed E-state index contributed by atoms with van der Waals surface area (Å²) < 4.78 is 5.11. The van der Waals surface area contributed by atoms with E-state index in [1.165, 1.54) is 18.4 Å². The molecule has 0 fully saturated rings. The summed E-state index contributed by atoms with van der Waals surface area (Å²) in [5.74, 6) is 0. The number of amides is 1. The molecule has 0 aliphatic carbocycles. The molecule has 0 aliphatic heterocycles. The van der Waals surface area contributed by atoms with Crippen molar-refractivity contribution >= 4 is 17.1 Å². The van der Waals surface area contributed by atoms with Gasteiger partial charge >= 0.3 is 12.1 Å². The average molecular weight is 275 g/mol. The maximum Gasteiger partial charge on any atom is 0.415 e. The van der Waals surface area contributed by atoms with E-state index in [9.17, 15) is 4.79 Å². The van der Waals surface area contributed by atoms with Gasteiger partial charge in [0.1, 0.15) is 0 Å². The molecular weight excluding hydrogens is 254 g/mol. The number of rotatable bonds is 6. The van der Waals surface area contributed by atoms with Crippen LogP contribution >= 0.6 is 0 Å². The lowest BCUT2D eigenvalue weighted by Gasteiger charge is -2.01. The van der Waals surface area contributed by atoms with Crippen LogP contribution in [0.25, 0.3) is 11.0 Å². The number of unbranched alkanes of at least 4 members (excludes halogenated alkanes) is 1. The predicted molar refractivity (Wildman–Crippen MR) is 79.0 cm³/mol. The highest BCUT2D eigenvalue weighted by Gasteiger charge is 2.08. The third-order valence-corrected chi connectivity index (χ3v) is 3.05. The second-order valence-corrected chi connectivity index (χ2v) is 4.81. The van der Waals surface area contributed by atoms with Crippen LogP contribution in [-0.2, 0) is 6.42 Å². The molecule has 1 heterocycles. The van der Waals surface area contributed by atoms with Gasteiger partial charge in [0, 0.05) is 6.54 Å². The Hall–Kier alpha value is -2.04. The van der Waals surface area contributed by atoms with Crippen molar-refractivity contribution in [3.8, 4) is 6.01 Å². The van der Waals surface area contributed by atoms with E-state index in [0.29, 0.717) is 6.54 Å². The lowest BCUT2D eigenvalue weighted by molar-refractivity contribution is 0.197. The van der Waals surface area contributed by atoms with Gasteiger partial charge in [-0.05, 0) is 37.0 Å². The Kier molecular flexibility index (Phi) is 4.98. The van der Waals surface area contributed by atoms with Crippen molar-refractivity contribution in [3.05, 3.63) is 23.8 Å². The van der Waals surface area contributed by atoms with Crippen LogP contribution in [0, 0.1) is 0 Å². The first-order valence-electron chi connectivity index (χ1n) is 7.17.